The number of halogens is 1. The summed E-state index contributed by atoms with van der Waals surface area (Å²) < 4.78 is 10.5. The van der Waals surface area contributed by atoms with E-state index in [9.17, 15) is 4.79 Å². The molecule has 0 saturated carbocycles. The minimum Gasteiger partial charge on any atom is -0.461 e. The van der Waals surface area contributed by atoms with Gasteiger partial charge in [-0.1, -0.05) is 11.6 Å². The van der Waals surface area contributed by atoms with Gasteiger partial charge in [0, 0.05) is 5.02 Å². The summed E-state index contributed by atoms with van der Waals surface area (Å²) in [6.07, 6.45) is 0. The van der Waals surface area contributed by atoms with Crippen molar-refractivity contribution in [3.8, 4) is 11.5 Å². The molecule has 2 aromatic rings. The molecule has 0 bridgehead atoms. The number of ether oxygens (including phenoxy) is 2. The first-order valence-corrected chi connectivity index (χ1v) is 7.47. The molecule has 120 valence electrons. The second kappa shape index (κ2) is 8.19. The van der Waals surface area contributed by atoms with E-state index in [0.29, 0.717) is 23.1 Å². The van der Waals surface area contributed by atoms with Crippen molar-refractivity contribution in [1.82, 2.24) is 0 Å². The topological polar surface area (TPSA) is 59.9 Å². The molecule has 0 spiro atoms. The van der Waals surface area contributed by atoms with Crippen LogP contribution in [0.2, 0.25) is 5.02 Å². The zero-order chi connectivity index (χ0) is 16.7. The third kappa shape index (κ3) is 5.30. The number of benzene rings is 2. The van der Waals surface area contributed by atoms with Crippen molar-refractivity contribution in [2.45, 2.75) is 13.8 Å². The molecule has 5 nitrogen and oxygen atoms in total. The maximum absolute atomic E-state index is 11.4. The Morgan fingerprint density at radius 1 is 1.09 bits per heavy atom. The molecule has 0 aliphatic rings. The molecule has 0 heterocycles. The summed E-state index contributed by atoms with van der Waals surface area (Å²) in [7, 11) is 0. The maximum atomic E-state index is 11.4. The Morgan fingerprint density at radius 2 is 1.65 bits per heavy atom. The van der Waals surface area contributed by atoms with E-state index in [-0.39, 0.29) is 5.71 Å². The third-order valence-corrected chi connectivity index (χ3v) is 3.08. The first kappa shape index (κ1) is 16.8. The van der Waals surface area contributed by atoms with Crippen LogP contribution in [0.15, 0.2) is 53.6 Å². The van der Waals surface area contributed by atoms with Crippen LogP contribution in [0.25, 0.3) is 0 Å². The van der Waals surface area contributed by atoms with E-state index in [2.05, 4.69) is 10.5 Å². The number of nitrogens with one attached hydrogen (secondary N) is 1. The summed E-state index contributed by atoms with van der Waals surface area (Å²) >= 11 is 5.83. The Labute approximate surface area is 139 Å². The Hall–Kier alpha value is -2.53. The lowest BCUT2D eigenvalue weighted by Crippen LogP contribution is -2.15. The van der Waals surface area contributed by atoms with Gasteiger partial charge in [-0.25, -0.2) is 4.79 Å². The van der Waals surface area contributed by atoms with E-state index in [0.717, 1.165) is 5.69 Å². The van der Waals surface area contributed by atoms with Gasteiger partial charge < -0.3 is 9.47 Å². The fourth-order valence-corrected chi connectivity index (χ4v) is 1.79. The second-order valence-electron chi connectivity index (χ2n) is 4.61. The molecule has 6 heteroatoms. The molecule has 2 rings (SSSR count). The zero-order valence-electron chi connectivity index (χ0n) is 12.9. The SMILES string of the molecule is CCOC(=O)C(C)=NNc1ccc(Oc2ccc(Cl)cc2)cc1. The van der Waals surface area contributed by atoms with E-state index < -0.39 is 5.97 Å². The Kier molecular flexibility index (Phi) is 6.00. The van der Waals surface area contributed by atoms with Crippen LogP contribution in [0.4, 0.5) is 5.69 Å². The van der Waals surface area contributed by atoms with Crippen LogP contribution in [0.5, 0.6) is 11.5 Å². The largest absolute Gasteiger partial charge is 0.461 e. The van der Waals surface area contributed by atoms with Crippen LogP contribution in [0, 0.1) is 0 Å². The lowest BCUT2D eigenvalue weighted by molar-refractivity contribution is -0.135. The number of nitrogens with zero attached hydrogens (tertiary/aromatic N) is 1. The molecule has 0 saturated heterocycles. The molecular weight excluding hydrogens is 316 g/mol. The highest BCUT2D eigenvalue weighted by molar-refractivity contribution is 6.35. The van der Waals surface area contributed by atoms with Crippen molar-refractivity contribution in [3.63, 3.8) is 0 Å². The van der Waals surface area contributed by atoms with Crippen molar-refractivity contribution >= 4 is 29.0 Å². The smallest absolute Gasteiger partial charge is 0.354 e. The number of hydrazone groups is 1. The molecule has 23 heavy (non-hydrogen) atoms. The molecule has 0 aliphatic carbocycles. The number of hydrogen-bond acceptors (Lipinski definition) is 5. The standard InChI is InChI=1S/C17H17ClN2O3/c1-3-22-17(21)12(2)19-20-14-6-10-16(11-7-14)23-15-8-4-13(18)5-9-15/h4-11,20H,3H2,1-2H3. The van der Waals surface area contributed by atoms with Crippen molar-refractivity contribution < 1.29 is 14.3 Å². The molecule has 0 radical (unpaired) electrons. The normalized spacial score (nSPS) is 11.0. The second-order valence-corrected chi connectivity index (χ2v) is 5.05. The monoisotopic (exact) mass is 332 g/mol. The van der Waals surface area contributed by atoms with E-state index in [4.69, 9.17) is 21.1 Å². The van der Waals surface area contributed by atoms with Crippen molar-refractivity contribution in [3.05, 3.63) is 53.6 Å². The van der Waals surface area contributed by atoms with Crippen LogP contribution in [-0.2, 0) is 9.53 Å². The van der Waals surface area contributed by atoms with E-state index in [1.807, 2.05) is 0 Å². The van der Waals surface area contributed by atoms with Gasteiger partial charge in [0.25, 0.3) is 0 Å². The highest BCUT2D eigenvalue weighted by atomic mass is 35.5. The summed E-state index contributed by atoms with van der Waals surface area (Å²) in [5.74, 6) is 0.943. The first-order valence-electron chi connectivity index (χ1n) is 7.09. The van der Waals surface area contributed by atoms with E-state index in [1.54, 1.807) is 62.4 Å². The van der Waals surface area contributed by atoms with Gasteiger partial charge in [0.15, 0.2) is 0 Å². The van der Waals surface area contributed by atoms with E-state index in [1.165, 1.54) is 0 Å². The zero-order valence-corrected chi connectivity index (χ0v) is 13.6. The average molecular weight is 333 g/mol. The predicted molar refractivity (Wildman–Crippen MR) is 91.3 cm³/mol. The molecule has 0 aromatic heterocycles. The summed E-state index contributed by atoms with van der Waals surface area (Å²) in [6, 6.07) is 14.3. The number of anilines is 1. The van der Waals surface area contributed by atoms with Gasteiger partial charge in [-0.2, -0.15) is 5.10 Å². The summed E-state index contributed by atoms with van der Waals surface area (Å²) in [5.41, 5.74) is 3.79. The van der Waals surface area contributed by atoms with Crippen LogP contribution in [-0.4, -0.2) is 18.3 Å². The minimum atomic E-state index is -0.442. The van der Waals surface area contributed by atoms with Gasteiger partial charge in [0.05, 0.1) is 12.3 Å². The van der Waals surface area contributed by atoms with E-state index >= 15 is 0 Å². The molecular formula is C17H17ClN2O3. The fraction of sp³-hybridized carbons (Fsp3) is 0.176. The number of carbonyl (C=O) groups is 1. The average Bonchev–Trinajstić information content (AvgIpc) is 2.56. The number of esters is 1. The highest BCUT2D eigenvalue weighted by Crippen LogP contribution is 2.24. The van der Waals surface area contributed by atoms with Gasteiger partial charge in [-0.15, -0.1) is 0 Å². The quantitative estimate of drug-likeness (QED) is 0.481. The van der Waals surface area contributed by atoms with Gasteiger partial charge in [0.1, 0.15) is 17.2 Å². The predicted octanol–water partition coefficient (Wildman–Crippen LogP) is 4.48. The maximum Gasteiger partial charge on any atom is 0.354 e. The third-order valence-electron chi connectivity index (χ3n) is 2.83. The van der Waals surface area contributed by atoms with Gasteiger partial charge in [0.2, 0.25) is 0 Å². The number of carbonyl (C=O) groups excluding carboxylic acids is 1. The van der Waals surface area contributed by atoms with Gasteiger partial charge >= 0.3 is 5.97 Å². The lowest BCUT2D eigenvalue weighted by Gasteiger charge is -2.07. The van der Waals surface area contributed by atoms with Crippen LogP contribution >= 0.6 is 11.6 Å². The highest BCUT2D eigenvalue weighted by Gasteiger charge is 2.05. The molecule has 0 atom stereocenters. The molecule has 1 N–H and O–H groups in total. The van der Waals surface area contributed by atoms with Crippen LogP contribution in [0.3, 0.4) is 0 Å². The molecule has 0 unspecified atom stereocenters. The van der Waals surface area contributed by atoms with Crippen molar-refractivity contribution in [1.29, 1.82) is 0 Å². The molecule has 2 aromatic carbocycles. The Morgan fingerprint density at radius 3 is 2.22 bits per heavy atom. The molecule has 0 aliphatic heterocycles. The Balaban J connectivity index is 1.95. The summed E-state index contributed by atoms with van der Waals surface area (Å²) in [4.78, 5) is 11.4. The van der Waals surface area contributed by atoms with Crippen LogP contribution < -0.4 is 10.2 Å². The van der Waals surface area contributed by atoms with Crippen LogP contribution in [0.1, 0.15) is 13.8 Å². The van der Waals surface area contributed by atoms with Gasteiger partial charge in [-0.05, 0) is 62.4 Å². The Bertz CT molecular complexity index is 682. The number of hydrogen-bond donors (Lipinski definition) is 1. The molecule has 0 amide bonds. The number of rotatable bonds is 6. The molecule has 0 fully saturated rings. The van der Waals surface area contributed by atoms with Crippen molar-refractivity contribution in [2.75, 3.05) is 12.0 Å². The summed E-state index contributed by atoms with van der Waals surface area (Å²) in [5, 5.41) is 4.63. The van der Waals surface area contributed by atoms with Gasteiger partial charge in [-0.3, -0.25) is 5.43 Å². The van der Waals surface area contributed by atoms with Crippen molar-refractivity contribution in [2.24, 2.45) is 5.10 Å². The lowest BCUT2D eigenvalue weighted by atomic mass is 10.3. The fourth-order valence-electron chi connectivity index (χ4n) is 1.67. The minimum absolute atomic E-state index is 0.258. The first-order chi connectivity index (χ1) is 11.1. The summed E-state index contributed by atoms with van der Waals surface area (Å²) in [6.45, 7) is 3.66.